The molecule has 0 spiro atoms. The molecule has 2 N–H and O–H groups in total. The summed E-state index contributed by atoms with van der Waals surface area (Å²) < 4.78 is 41.1. The number of allylic oxidation sites excluding steroid dienone is 1. The summed E-state index contributed by atoms with van der Waals surface area (Å²) in [6, 6.07) is 0. The van der Waals surface area contributed by atoms with Gasteiger partial charge in [0.1, 0.15) is 5.84 Å². The Morgan fingerprint density at radius 2 is 2.00 bits per heavy atom. The summed E-state index contributed by atoms with van der Waals surface area (Å²) in [6.45, 7) is 0.860. The maximum absolute atomic E-state index is 12.2. The van der Waals surface area contributed by atoms with Crippen LogP contribution < -0.4 is 5.32 Å². The van der Waals surface area contributed by atoms with Crippen molar-refractivity contribution in [2.75, 3.05) is 14.2 Å². The molecule has 0 saturated carbocycles. The second-order valence-corrected chi connectivity index (χ2v) is 2.55. The predicted molar refractivity (Wildman–Crippen MR) is 51.0 cm³/mol. The number of aliphatic imine (C=N–C) groups is 1. The highest BCUT2D eigenvalue weighted by Crippen LogP contribution is 2.28. The summed E-state index contributed by atoms with van der Waals surface area (Å²) >= 11 is 0. The van der Waals surface area contributed by atoms with Gasteiger partial charge in [0.25, 0.3) is 0 Å². The third-order valence-corrected chi connectivity index (χ3v) is 1.52. The van der Waals surface area contributed by atoms with E-state index in [1.54, 1.807) is 0 Å². The van der Waals surface area contributed by atoms with E-state index in [9.17, 15) is 13.2 Å². The lowest BCUT2D eigenvalue weighted by molar-refractivity contribution is -0.0946. The second kappa shape index (κ2) is 5.38. The summed E-state index contributed by atoms with van der Waals surface area (Å²) in [5.41, 5.74) is -0.940. The minimum absolute atomic E-state index is 0.112. The largest absolute Gasteiger partial charge is 0.481 e. The quantitative estimate of drug-likeness (QED) is 0.434. The molecule has 0 bridgehead atoms. The van der Waals surface area contributed by atoms with E-state index in [2.05, 4.69) is 15.0 Å². The number of rotatable bonds is 3. The van der Waals surface area contributed by atoms with Crippen molar-refractivity contribution in [3.8, 4) is 0 Å². The van der Waals surface area contributed by atoms with E-state index in [-0.39, 0.29) is 5.84 Å². The number of alkyl halides is 3. The Hall–Kier alpha value is -1.53. The molecule has 0 unspecified atom stereocenters. The number of halogens is 3. The number of hydrogen-bond acceptors (Lipinski definition) is 3. The van der Waals surface area contributed by atoms with Crippen LogP contribution in [0, 0.1) is 5.41 Å². The van der Waals surface area contributed by atoms with Gasteiger partial charge < -0.3 is 10.1 Å². The molecule has 0 amide bonds. The topological polar surface area (TPSA) is 57.5 Å². The molecule has 0 aromatic heterocycles. The molecule has 0 aromatic rings. The maximum atomic E-state index is 12.2. The molecule has 0 heterocycles. The SMILES string of the molecule is CNC(=N)/C=N/C(OC)=C(\C)C(F)(F)F. The van der Waals surface area contributed by atoms with E-state index in [0.29, 0.717) is 0 Å². The zero-order chi connectivity index (χ0) is 12.1. The van der Waals surface area contributed by atoms with Crippen LogP contribution >= 0.6 is 0 Å². The molecular weight excluding hydrogens is 211 g/mol. The van der Waals surface area contributed by atoms with Crippen molar-refractivity contribution in [1.82, 2.24) is 5.32 Å². The Bertz CT molecular complexity index is 294. The van der Waals surface area contributed by atoms with Crippen LogP contribution in [0.25, 0.3) is 0 Å². The number of nitrogens with one attached hydrogen (secondary N) is 2. The zero-order valence-electron chi connectivity index (χ0n) is 8.57. The van der Waals surface area contributed by atoms with Crippen LogP contribution in [0.15, 0.2) is 16.4 Å². The lowest BCUT2D eigenvalue weighted by atomic mass is 10.3. The van der Waals surface area contributed by atoms with Gasteiger partial charge in [0, 0.05) is 7.05 Å². The smallest absolute Gasteiger partial charge is 0.417 e. The van der Waals surface area contributed by atoms with Gasteiger partial charge in [0.2, 0.25) is 5.88 Å². The summed E-state index contributed by atoms with van der Waals surface area (Å²) in [5.74, 6) is -0.665. The van der Waals surface area contributed by atoms with Crippen LogP contribution in [-0.2, 0) is 4.74 Å². The Morgan fingerprint density at radius 3 is 2.33 bits per heavy atom. The van der Waals surface area contributed by atoms with Gasteiger partial charge in [-0.2, -0.15) is 13.2 Å². The second-order valence-electron chi connectivity index (χ2n) is 2.55. The minimum Gasteiger partial charge on any atom is -0.481 e. The van der Waals surface area contributed by atoms with E-state index in [0.717, 1.165) is 20.2 Å². The van der Waals surface area contributed by atoms with Crippen molar-refractivity contribution in [3.05, 3.63) is 11.5 Å². The first-order valence-corrected chi connectivity index (χ1v) is 3.95. The Labute approximate surface area is 85.3 Å². The van der Waals surface area contributed by atoms with E-state index < -0.39 is 17.6 Å². The lowest BCUT2D eigenvalue weighted by Gasteiger charge is -2.09. The lowest BCUT2D eigenvalue weighted by Crippen LogP contribution is -2.18. The molecule has 0 fully saturated rings. The zero-order valence-corrected chi connectivity index (χ0v) is 8.57. The van der Waals surface area contributed by atoms with E-state index >= 15 is 0 Å². The van der Waals surface area contributed by atoms with Crippen molar-refractivity contribution < 1.29 is 17.9 Å². The molecule has 7 heteroatoms. The third-order valence-electron chi connectivity index (χ3n) is 1.52. The predicted octanol–water partition coefficient (Wildman–Crippen LogP) is 1.69. The molecule has 0 aliphatic heterocycles. The van der Waals surface area contributed by atoms with Gasteiger partial charge in [-0.1, -0.05) is 0 Å². The molecule has 4 nitrogen and oxygen atoms in total. The number of methoxy groups -OCH3 is 1. The van der Waals surface area contributed by atoms with Crippen LogP contribution in [-0.4, -0.2) is 32.4 Å². The third kappa shape index (κ3) is 4.48. The van der Waals surface area contributed by atoms with Crippen LogP contribution in [0.1, 0.15) is 6.92 Å². The molecular formula is C8H12F3N3O. The molecule has 0 aliphatic rings. The first-order chi connectivity index (χ1) is 6.82. The molecule has 0 saturated heterocycles. The average Bonchev–Trinajstić information content (AvgIpc) is 2.16. The molecule has 0 atom stereocenters. The summed E-state index contributed by atoms with van der Waals surface area (Å²) in [4.78, 5) is 3.40. The fourth-order valence-electron chi connectivity index (χ4n) is 0.612. The molecule has 0 radical (unpaired) electrons. The van der Waals surface area contributed by atoms with E-state index in [4.69, 9.17) is 5.41 Å². The number of nitrogens with zero attached hydrogens (tertiary/aromatic N) is 1. The van der Waals surface area contributed by atoms with Gasteiger partial charge in [-0.25, -0.2) is 4.99 Å². The standard InChI is InChI=1S/C8H12F3N3O/c1-5(8(9,10)11)7(15-3)14-4-6(12)13-2/h4H,1-3H3,(H2,12,13)/b7-5-,14-4+. The van der Waals surface area contributed by atoms with E-state index in [1.165, 1.54) is 7.05 Å². The Morgan fingerprint density at radius 1 is 1.47 bits per heavy atom. The van der Waals surface area contributed by atoms with Crippen molar-refractivity contribution in [2.24, 2.45) is 4.99 Å². The van der Waals surface area contributed by atoms with E-state index in [1.807, 2.05) is 0 Å². The number of ether oxygens (including phenoxy) is 1. The monoisotopic (exact) mass is 223 g/mol. The van der Waals surface area contributed by atoms with Crippen LogP contribution in [0.5, 0.6) is 0 Å². The van der Waals surface area contributed by atoms with Gasteiger partial charge in [-0.3, -0.25) is 5.41 Å². The fraction of sp³-hybridized carbons (Fsp3) is 0.500. The highest BCUT2D eigenvalue weighted by molar-refractivity contribution is 6.27. The molecule has 15 heavy (non-hydrogen) atoms. The summed E-state index contributed by atoms with van der Waals surface area (Å²) in [5, 5.41) is 9.48. The van der Waals surface area contributed by atoms with Gasteiger partial charge >= 0.3 is 6.18 Å². The molecule has 0 aliphatic carbocycles. The van der Waals surface area contributed by atoms with Crippen LogP contribution in [0.2, 0.25) is 0 Å². The number of hydrogen-bond donors (Lipinski definition) is 2. The highest BCUT2D eigenvalue weighted by Gasteiger charge is 2.33. The summed E-state index contributed by atoms with van der Waals surface area (Å²) in [7, 11) is 2.55. The van der Waals surface area contributed by atoms with Gasteiger partial charge in [-0.05, 0) is 6.92 Å². The van der Waals surface area contributed by atoms with Gasteiger partial charge in [-0.15, -0.1) is 0 Å². The number of amidine groups is 1. The van der Waals surface area contributed by atoms with Crippen molar-refractivity contribution in [2.45, 2.75) is 13.1 Å². The highest BCUT2D eigenvalue weighted by atomic mass is 19.4. The van der Waals surface area contributed by atoms with Crippen molar-refractivity contribution in [3.63, 3.8) is 0 Å². The first kappa shape index (κ1) is 13.5. The molecule has 0 aromatic carbocycles. The minimum atomic E-state index is -4.48. The van der Waals surface area contributed by atoms with Gasteiger partial charge in [0.15, 0.2) is 0 Å². The summed E-state index contributed by atoms with van der Waals surface area (Å²) in [6.07, 6.45) is -3.54. The van der Waals surface area contributed by atoms with Gasteiger partial charge in [0.05, 0.1) is 18.9 Å². The fourth-order valence-corrected chi connectivity index (χ4v) is 0.612. The molecule has 86 valence electrons. The van der Waals surface area contributed by atoms with Crippen molar-refractivity contribution >= 4 is 12.1 Å². The normalized spacial score (nSPS) is 13.7. The van der Waals surface area contributed by atoms with Crippen molar-refractivity contribution in [1.29, 1.82) is 5.41 Å². The average molecular weight is 223 g/mol. The maximum Gasteiger partial charge on any atom is 0.417 e. The Kier molecular flexibility index (Phi) is 4.83. The Balaban J connectivity index is 4.92. The van der Waals surface area contributed by atoms with Crippen LogP contribution in [0.4, 0.5) is 13.2 Å². The van der Waals surface area contributed by atoms with Crippen LogP contribution in [0.3, 0.4) is 0 Å². The molecule has 0 rings (SSSR count). The first-order valence-electron chi connectivity index (χ1n) is 3.95.